The largest absolute Gasteiger partial charge is 0.384 e. The van der Waals surface area contributed by atoms with Crippen LogP contribution in [-0.4, -0.2) is 30.2 Å². The van der Waals surface area contributed by atoms with E-state index >= 15 is 0 Å². The molecule has 7 heteroatoms. The van der Waals surface area contributed by atoms with Crippen LogP contribution in [0.25, 0.3) is 0 Å². The number of aliphatic hydroxyl groups is 1. The van der Waals surface area contributed by atoms with Crippen LogP contribution in [0.15, 0.2) is 10.7 Å². The standard InChI is InChI=1S/C11H17N5O2/c1-7(2)10-12-9(18-14-10)6-16-5-8(13-15-16)11(3,4)17/h5,7,17H,6H2,1-4H3. The molecule has 0 spiro atoms. The second-order valence-electron chi connectivity index (χ2n) is 5.06. The minimum absolute atomic E-state index is 0.227. The van der Waals surface area contributed by atoms with E-state index < -0.39 is 5.60 Å². The van der Waals surface area contributed by atoms with Gasteiger partial charge in [-0.1, -0.05) is 24.2 Å². The van der Waals surface area contributed by atoms with Crippen molar-refractivity contribution in [2.24, 2.45) is 0 Å². The second-order valence-corrected chi connectivity index (χ2v) is 5.06. The summed E-state index contributed by atoms with van der Waals surface area (Å²) in [7, 11) is 0. The van der Waals surface area contributed by atoms with Gasteiger partial charge in [0.05, 0.1) is 6.20 Å². The lowest BCUT2D eigenvalue weighted by atomic mass is 10.1. The van der Waals surface area contributed by atoms with E-state index in [0.29, 0.717) is 24.0 Å². The Morgan fingerprint density at radius 1 is 1.44 bits per heavy atom. The SMILES string of the molecule is CC(C)c1noc(Cn2cc(C(C)(C)O)nn2)n1. The molecule has 0 radical (unpaired) electrons. The summed E-state index contributed by atoms with van der Waals surface area (Å²) in [5, 5.41) is 21.5. The average molecular weight is 251 g/mol. The summed E-state index contributed by atoms with van der Waals surface area (Å²) in [6.07, 6.45) is 1.67. The van der Waals surface area contributed by atoms with Crippen LogP contribution in [-0.2, 0) is 12.1 Å². The lowest BCUT2D eigenvalue weighted by molar-refractivity contribution is 0.0737. The molecule has 0 bridgehead atoms. The van der Waals surface area contributed by atoms with Gasteiger partial charge in [0.1, 0.15) is 17.8 Å². The van der Waals surface area contributed by atoms with E-state index in [4.69, 9.17) is 4.52 Å². The highest BCUT2D eigenvalue weighted by Crippen LogP contribution is 2.16. The van der Waals surface area contributed by atoms with E-state index in [-0.39, 0.29) is 5.92 Å². The highest BCUT2D eigenvalue weighted by Gasteiger charge is 2.20. The molecule has 0 saturated heterocycles. The first-order valence-electron chi connectivity index (χ1n) is 5.81. The average Bonchev–Trinajstić information content (AvgIpc) is 2.85. The quantitative estimate of drug-likeness (QED) is 0.873. The molecule has 0 saturated carbocycles. The third kappa shape index (κ3) is 2.73. The molecule has 0 atom stereocenters. The van der Waals surface area contributed by atoms with Gasteiger partial charge in [0.15, 0.2) is 5.82 Å². The predicted molar refractivity (Wildman–Crippen MR) is 62.8 cm³/mol. The Balaban J connectivity index is 2.11. The maximum absolute atomic E-state index is 9.78. The molecule has 0 unspecified atom stereocenters. The maximum Gasteiger partial charge on any atom is 0.248 e. The number of hydrogen-bond donors (Lipinski definition) is 1. The maximum atomic E-state index is 9.78. The van der Waals surface area contributed by atoms with Crippen LogP contribution in [0.5, 0.6) is 0 Å². The fourth-order valence-electron chi connectivity index (χ4n) is 1.36. The van der Waals surface area contributed by atoms with E-state index in [0.717, 1.165) is 0 Å². The van der Waals surface area contributed by atoms with Gasteiger partial charge in [-0.15, -0.1) is 5.10 Å². The number of nitrogens with zero attached hydrogens (tertiary/aromatic N) is 5. The van der Waals surface area contributed by atoms with Crippen LogP contribution in [0.4, 0.5) is 0 Å². The van der Waals surface area contributed by atoms with Crippen molar-refractivity contribution >= 4 is 0 Å². The van der Waals surface area contributed by atoms with Crippen molar-refractivity contribution < 1.29 is 9.63 Å². The Hall–Kier alpha value is -1.76. The zero-order chi connectivity index (χ0) is 13.3. The van der Waals surface area contributed by atoms with Gasteiger partial charge in [0.25, 0.3) is 0 Å². The normalized spacial score (nSPS) is 12.3. The Morgan fingerprint density at radius 2 is 2.17 bits per heavy atom. The Bertz CT molecular complexity index is 524. The number of hydrogen-bond acceptors (Lipinski definition) is 6. The summed E-state index contributed by atoms with van der Waals surface area (Å²) >= 11 is 0. The van der Waals surface area contributed by atoms with Crippen molar-refractivity contribution in [1.82, 2.24) is 25.1 Å². The molecule has 1 N–H and O–H groups in total. The third-order valence-electron chi connectivity index (χ3n) is 2.46. The van der Waals surface area contributed by atoms with Crippen molar-refractivity contribution in [2.75, 3.05) is 0 Å². The van der Waals surface area contributed by atoms with E-state index in [1.54, 1.807) is 24.7 Å². The van der Waals surface area contributed by atoms with Crippen LogP contribution in [0.2, 0.25) is 0 Å². The van der Waals surface area contributed by atoms with E-state index in [1.807, 2.05) is 13.8 Å². The Morgan fingerprint density at radius 3 is 2.67 bits per heavy atom. The molecule has 0 aliphatic carbocycles. The molecule has 0 aliphatic rings. The molecule has 2 heterocycles. The molecule has 2 aromatic heterocycles. The van der Waals surface area contributed by atoms with E-state index in [1.165, 1.54) is 0 Å². The first-order chi connectivity index (χ1) is 8.36. The van der Waals surface area contributed by atoms with Crippen LogP contribution < -0.4 is 0 Å². The van der Waals surface area contributed by atoms with Crippen LogP contribution in [0.1, 0.15) is 51.0 Å². The molecule has 2 aromatic rings. The van der Waals surface area contributed by atoms with E-state index in [2.05, 4.69) is 20.5 Å². The Labute approximate surface area is 105 Å². The van der Waals surface area contributed by atoms with Crippen LogP contribution in [0.3, 0.4) is 0 Å². The highest BCUT2D eigenvalue weighted by atomic mass is 16.5. The third-order valence-corrected chi connectivity index (χ3v) is 2.46. The molecule has 18 heavy (non-hydrogen) atoms. The summed E-state index contributed by atoms with van der Waals surface area (Å²) in [4.78, 5) is 4.25. The monoisotopic (exact) mass is 251 g/mol. The highest BCUT2D eigenvalue weighted by molar-refractivity contribution is 5.03. The molecule has 7 nitrogen and oxygen atoms in total. The zero-order valence-corrected chi connectivity index (χ0v) is 11.0. The minimum atomic E-state index is -1.00. The topological polar surface area (TPSA) is 89.9 Å². The number of aromatic nitrogens is 5. The molecule has 0 fully saturated rings. The summed E-state index contributed by atoms with van der Waals surface area (Å²) in [5.41, 5.74) is -0.498. The Kier molecular flexibility index (Phi) is 3.16. The van der Waals surface area contributed by atoms with Gasteiger partial charge in [0, 0.05) is 5.92 Å². The van der Waals surface area contributed by atoms with Crippen molar-refractivity contribution in [1.29, 1.82) is 0 Å². The smallest absolute Gasteiger partial charge is 0.248 e. The molecular weight excluding hydrogens is 234 g/mol. The first-order valence-corrected chi connectivity index (χ1v) is 5.81. The van der Waals surface area contributed by atoms with Crippen LogP contribution >= 0.6 is 0 Å². The van der Waals surface area contributed by atoms with Gasteiger partial charge in [-0.25, -0.2) is 4.68 Å². The minimum Gasteiger partial charge on any atom is -0.384 e. The molecule has 0 aliphatic heterocycles. The second kappa shape index (κ2) is 4.49. The zero-order valence-electron chi connectivity index (χ0n) is 11.0. The molecule has 0 amide bonds. The lowest BCUT2D eigenvalue weighted by Gasteiger charge is -2.11. The molecular formula is C11H17N5O2. The van der Waals surface area contributed by atoms with E-state index in [9.17, 15) is 5.11 Å². The number of rotatable bonds is 4. The van der Waals surface area contributed by atoms with Gasteiger partial charge in [-0.2, -0.15) is 4.98 Å². The van der Waals surface area contributed by atoms with Gasteiger partial charge < -0.3 is 9.63 Å². The molecule has 0 aromatic carbocycles. The lowest BCUT2D eigenvalue weighted by Crippen LogP contribution is -2.15. The summed E-state index contributed by atoms with van der Waals surface area (Å²) < 4.78 is 6.67. The molecule has 2 rings (SSSR count). The summed E-state index contributed by atoms with van der Waals surface area (Å²) in [6, 6.07) is 0. The fraction of sp³-hybridized carbons (Fsp3) is 0.636. The van der Waals surface area contributed by atoms with Crippen molar-refractivity contribution in [2.45, 2.75) is 45.8 Å². The summed E-state index contributed by atoms with van der Waals surface area (Å²) in [5.74, 6) is 1.38. The van der Waals surface area contributed by atoms with Gasteiger partial charge in [0.2, 0.25) is 5.89 Å². The predicted octanol–water partition coefficient (Wildman–Crippen LogP) is 1.06. The fourth-order valence-corrected chi connectivity index (χ4v) is 1.36. The van der Waals surface area contributed by atoms with Gasteiger partial charge in [-0.05, 0) is 13.8 Å². The molecule has 98 valence electrons. The van der Waals surface area contributed by atoms with Gasteiger partial charge >= 0.3 is 0 Å². The van der Waals surface area contributed by atoms with Crippen LogP contribution in [0, 0.1) is 0 Å². The van der Waals surface area contributed by atoms with Crippen molar-refractivity contribution in [3.05, 3.63) is 23.6 Å². The van der Waals surface area contributed by atoms with Gasteiger partial charge in [-0.3, -0.25) is 0 Å². The summed E-state index contributed by atoms with van der Waals surface area (Å²) in [6.45, 7) is 7.66. The van der Waals surface area contributed by atoms with Crippen molar-refractivity contribution in [3.8, 4) is 0 Å². The first kappa shape index (κ1) is 12.7. The van der Waals surface area contributed by atoms with Crippen molar-refractivity contribution in [3.63, 3.8) is 0 Å².